The third-order valence-corrected chi connectivity index (χ3v) is 7.74. The Bertz CT molecular complexity index is 1340. The van der Waals surface area contributed by atoms with Gasteiger partial charge in [0.2, 0.25) is 23.4 Å². The SMILES string of the molecule is CCCCOc1ccc(Cc2c(O[C@@H]3O[C@H](C(O)C(C)=O)[C@](O)(C(C)=O)[C@@](O)(C(C)=O)[C@]3(O)C(C)=O)n[nH]c2C)cc1. The first-order chi connectivity index (χ1) is 19.6. The van der Waals surface area contributed by atoms with Crippen molar-refractivity contribution in [1.29, 1.82) is 0 Å². The molecule has 42 heavy (non-hydrogen) atoms. The number of aliphatic hydroxyl groups excluding tert-OH is 1. The fourth-order valence-electron chi connectivity index (χ4n) is 5.12. The van der Waals surface area contributed by atoms with Gasteiger partial charge in [0, 0.05) is 17.7 Å². The van der Waals surface area contributed by atoms with Crippen LogP contribution in [0.3, 0.4) is 0 Å². The predicted octanol–water partition coefficient (Wildman–Crippen LogP) is 0.502. The van der Waals surface area contributed by atoms with E-state index in [1.165, 1.54) is 0 Å². The summed E-state index contributed by atoms with van der Waals surface area (Å²) in [4.78, 5) is 50.8. The monoisotopic (exact) mass is 590 g/mol. The molecule has 2 heterocycles. The molecule has 230 valence electrons. The van der Waals surface area contributed by atoms with Gasteiger partial charge in [0.15, 0.2) is 28.7 Å². The van der Waals surface area contributed by atoms with Gasteiger partial charge in [-0.15, -0.1) is 5.10 Å². The number of ether oxygens (including phenoxy) is 3. The van der Waals surface area contributed by atoms with Crippen molar-refractivity contribution in [1.82, 2.24) is 10.2 Å². The number of benzene rings is 1. The zero-order valence-corrected chi connectivity index (χ0v) is 24.5. The summed E-state index contributed by atoms with van der Waals surface area (Å²) >= 11 is 0. The molecular formula is C29H38N2O11. The number of Topliss-reactive ketones (excluding diaryl/α,β-unsaturated/α-hetero) is 4. The molecule has 1 aromatic heterocycles. The molecule has 1 aromatic carbocycles. The maximum Gasteiger partial charge on any atom is 0.242 e. The largest absolute Gasteiger partial charge is 0.494 e. The highest BCUT2D eigenvalue weighted by atomic mass is 16.7. The number of aryl methyl sites for hydroxylation is 1. The zero-order valence-electron chi connectivity index (χ0n) is 24.5. The van der Waals surface area contributed by atoms with Crippen LogP contribution in [0.4, 0.5) is 0 Å². The van der Waals surface area contributed by atoms with E-state index in [-0.39, 0.29) is 12.3 Å². The smallest absolute Gasteiger partial charge is 0.242 e. The highest BCUT2D eigenvalue weighted by molar-refractivity contribution is 6.05. The van der Waals surface area contributed by atoms with Crippen LogP contribution in [0.5, 0.6) is 11.6 Å². The van der Waals surface area contributed by atoms with Crippen LogP contribution in [0, 0.1) is 6.92 Å². The number of aromatic amines is 1. The molecule has 13 heteroatoms. The number of carbonyl (C=O) groups is 4. The molecule has 2 aromatic rings. The van der Waals surface area contributed by atoms with Crippen molar-refractivity contribution in [2.45, 2.75) is 96.1 Å². The van der Waals surface area contributed by atoms with Crippen LogP contribution in [0.1, 0.15) is 64.3 Å². The van der Waals surface area contributed by atoms with E-state index in [9.17, 15) is 39.6 Å². The Balaban J connectivity index is 2.07. The Morgan fingerprint density at radius 3 is 2.10 bits per heavy atom. The Labute approximate surface area is 242 Å². The third kappa shape index (κ3) is 5.38. The van der Waals surface area contributed by atoms with Gasteiger partial charge in [-0.3, -0.25) is 24.3 Å². The van der Waals surface area contributed by atoms with Gasteiger partial charge in [0.25, 0.3) is 0 Å². The molecule has 3 rings (SSSR count). The van der Waals surface area contributed by atoms with E-state index in [2.05, 4.69) is 17.1 Å². The van der Waals surface area contributed by atoms with Gasteiger partial charge in [0.1, 0.15) is 18.0 Å². The van der Waals surface area contributed by atoms with Gasteiger partial charge in [-0.2, -0.15) is 0 Å². The first kappa shape index (κ1) is 33.0. The summed E-state index contributed by atoms with van der Waals surface area (Å²) < 4.78 is 17.1. The van der Waals surface area contributed by atoms with Gasteiger partial charge in [-0.25, -0.2) is 0 Å². The molecule has 1 unspecified atom stereocenters. The van der Waals surface area contributed by atoms with Crippen molar-refractivity contribution in [3.8, 4) is 11.6 Å². The lowest BCUT2D eigenvalue weighted by atomic mass is 9.60. The number of rotatable bonds is 13. The molecule has 0 saturated carbocycles. The number of aliphatic hydroxyl groups is 4. The normalized spacial score (nSPS) is 28.1. The molecule has 1 aliphatic rings. The fourth-order valence-corrected chi connectivity index (χ4v) is 5.12. The number of hydrogen-bond donors (Lipinski definition) is 5. The minimum absolute atomic E-state index is 0.212. The van der Waals surface area contributed by atoms with E-state index >= 15 is 0 Å². The molecule has 1 fully saturated rings. The summed E-state index contributed by atoms with van der Waals surface area (Å²) in [5, 5.41) is 52.2. The summed E-state index contributed by atoms with van der Waals surface area (Å²) in [6.45, 7) is 7.49. The van der Waals surface area contributed by atoms with Crippen LogP contribution in [0.2, 0.25) is 0 Å². The van der Waals surface area contributed by atoms with Gasteiger partial charge in [-0.05, 0) is 58.7 Å². The Hall–Kier alpha value is -3.49. The molecule has 1 saturated heterocycles. The summed E-state index contributed by atoms with van der Waals surface area (Å²) in [6.07, 6.45) is -4.78. The molecule has 5 N–H and O–H groups in total. The molecule has 0 radical (unpaired) electrons. The molecule has 0 spiro atoms. The average molecular weight is 591 g/mol. The number of ketones is 4. The van der Waals surface area contributed by atoms with Crippen molar-refractivity contribution in [2.24, 2.45) is 0 Å². The maximum absolute atomic E-state index is 13.0. The summed E-state index contributed by atoms with van der Waals surface area (Å²) in [5.41, 5.74) is -8.68. The first-order valence-corrected chi connectivity index (χ1v) is 13.5. The Morgan fingerprint density at radius 2 is 1.60 bits per heavy atom. The quantitative estimate of drug-likeness (QED) is 0.202. The lowest BCUT2D eigenvalue weighted by Gasteiger charge is -2.57. The van der Waals surface area contributed by atoms with Crippen molar-refractivity contribution >= 4 is 23.1 Å². The highest BCUT2D eigenvalue weighted by Gasteiger charge is 2.80. The predicted molar refractivity (Wildman–Crippen MR) is 146 cm³/mol. The Kier molecular flexibility index (Phi) is 9.74. The molecule has 0 amide bonds. The van der Waals surface area contributed by atoms with E-state index in [1.54, 1.807) is 19.1 Å². The average Bonchev–Trinajstić information content (AvgIpc) is 3.27. The van der Waals surface area contributed by atoms with E-state index in [0.717, 1.165) is 46.1 Å². The van der Waals surface area contributed by atoms with Crippen LogP contribution < -0.4 is 9.47 Å². The van der Waals surface area contributed by atoms with E-state index in [1.807, 2.05) is 12.1 Å². The van der Waals surface area contributed by atoms with Crippen LogP contribution in [0.15, 0.2) is 24.3 Å². The lowest BCUT2D eigenvalue weighted by Crippen LogP contribution is -2.87. The van der Waals surface area contributed by atoms with Crippen LogP contribution >= 0.6 is 0 Å². The van der Waals surface area contributed by atoms with Crippen LogP contribution in [-0.2, 0) is 30.3 Å². The number of carbonyl (C=O) groups excluding carboxylic acids is 4. The molecule has 6 atom stereocenters. The summed E-state index contributed by atoms with van der Waals surface area (Å²) in [5.74, 6) is -4.62. The van der Waals surface area contributed by atoms with Crippen LogP contribution in [0.25, 0.3) is 0 Å². The first-order valence-electron chi connectivity index (χ1n) is 13.5. The van der Waals surface area contributed by atoms with Crippen molar-refractivity contribution in [2.75, 3.05) is 6.61 Å². The van der Waals surface area contributed by atoms with E-state index < -0.39 is 58.4 Å². The van der Waals surface area contributed by atoms with Gasteiger partial charge in [-0.1, -0.05) is 25.5 Å². The minimum Gasteiger partial charge on any atom is -0.494 e. The standard InChI is InChI=1S/C29H38N2O11/c1-7-8-13-40-21-11-9-20(10-12-21)14-22-15(2)30-31-25(22)42-26-28(38,18(5)34)29(39,19(6)35)27(37,17(4)33)24(41-26)23(36)16(3)32/h9-12,23-24,26,36-39H,7-8,13-14H2,1-6H3,(H,30,31)/t23?,24-,26+,27-,28+,29+/m1/s1. The molecular weight excluding hydrogens is 552 g/mol. The summed E-state index contributed by atoms with van der Waals surface area (Å²) in [6, 6.07) is 7.23. The number of H-pyrrole nitrogens is 1. The lowest BCUT2D eigenvalue weighted by molar-refractivity contribution is -0.358. The van der Waals surface area contributed by atoms with E-state index in [0.29, 0.717) is 23.6 Å². The number of unbranched alkanes of at least 4 members (excludes halogenated alkanes) is 1. The molecule has 0 bridgehead atoms. The van der Waals surface area contributed by atoms with Crippen molar-refractivity contribution in [3.05, 3.63) is 41.1 Å². The second-order valence-electron chi connectivity index (χ2n) is 10.6. The number of nitrogens with zero attached hydrogens (tertiary/aromatic N) is 1. The molecule has 13 nitrogen and oxygen atoms in total. The number of nitrogens with one attached hydrogen (secondary N) is 1. The highest BCUT2D eigenvalue weighted by Crippen LogP contribution is 2.48. The second kappa shape index (κ2) is 12.4. The number of aromatic nitrogens is 2. The topological polar surface area (TPSA) is 206 Å². The van der Waals surface area contributed by atoms with Gasteiger partial charge >= 0.3 is 0 Å². The molecule has 1 aliphatic heterocycles. The summed E-state index contributed by atoms with van der Waals surface area (Å²) in [7, 11) is 0. The van der Waals surface area contributed by atoms with Crippen molar-refractivity contribution in [3.63, 3.8) is 0 Å². The minimum atomic E-state index is -3.61. The zero-order chi connectivity index (χ0) is 31.6. The van der Waals surface area contributed by atoms with Gasteiger partial charge in [0.05, 0.1) is 6.61 Å². The maximum atomic E-state index is 13.0. The second-order valence-corrected chi connectivity index (χ2v) is 10.6. The van der Waals surface area contributed by atoms with Crippen LogP contribution in [-0.4, -0.2) is 95.7 Å². The fraction of sp³-hybridized carbons (Fsp3) is 0.552. The van der Waals surface area contributed by atoms with E-state index in [4.69, 9.17) is 14.2 Å². The van der Waals surface area contributed by atoms with Crippen molar-refractivity contribution < 1.29 is 53.8 Å². The van der Waals surface area contributed by atoms with Gasteiger partial charge < -0.3 is 34.6 Å². The molecule has 0 aliphatic carbocycles. The third-order valence-electron chi connectivity index (χ3n) is 7.74. The Morgan fingerprint density at radius 1 is 1.00 bits per heavy atom. The number of hydrogen-bond acceptors (Lipinski definition) is 12.